The number of hydrogen-bond acceptors (Lipinski definition) is 0. The predicted octanol–water partition coefficient (Wildman–Crippen LogP) is 12.3. The van der Waals surface area contributed by atoms with Gasteiger partial charge in [-0.3, -0.25) is 0 Å². The SMILES string of the molecule is C/C=C(/C)CC/C=C(\C)CC/C=C(\C)CC/C=C(\C)CC/C=C(\C)CC/C=C(\C)CCC=C(C)C. The van der Waals surface area contributed by atoms with Gasteiger partial charge in [0.05, 0.1) is 0 Å². The molecule has 0 aromatic rings. The maximum atomic E-state index is 2.45. The summed E-state index contributed by atoms with van der Waals surface area (Å²) in [5, 5.41) is 0. The Morgan fingerprint density at radius 3 is 0.800 bits per heavy atom. The van der Waals surface area contributed by atoms with Crippen molar-refractivity contribution in [3.8, 4) is 0 Å². The molecule has 0 aromatic heterocycles. The molecule has 0 N–H and O–H groups in total. The summed E-state index contributed by atoms with van der Waals surface area (Å²) >= 11 is 0. The van der Waals surface area contributed by atoms with Crippen molar-refractivity contribution in [2.75, 3.05) is 0 Å². The molecular weight excluding hydrogens is 420 g/mol. The highest BCUT2D eigenvalue weighted by Gasteiger charge is 1.96. The van der Waals surface area contributed by atoms with Crippen LogP contribution in [0.5, 0.6) is 0 Å². The molecule has 0 rings (SSSR count). The van der Waals surface area contributed by atoms with Crippen LogP contribution in [0.4, 0.5) is 0 Å². The van der Waals surface area contributed by atoms with Crippen molar-refractivity contribution in [2.24, 2.45) is 0 Å². The van der Waals surface area contributed by atoms with Gasteiger partial charge in [0.2, 0.25) is 0 Å². The van der Waals surface area contributed by atoms with Gasteiger partial charge in [0.25, 0.3) is 0 Å². The molecule has 0 radical (unpaired) electrons. The largest absolute Gasteiger partial charge is 0.0887 e. The summed E-state index contributed by atoms with van der Waals surface area (Å²) in [7, 11) is 0. The van der Waals surface area contributed by atoms with Gasteiger partial charge in [0.15, 0.2) is 0 Å². The van der Waals surface area contributed by atoms with E-state index < -0.39 is 0 Å². The van der Waals surface area contributed by atoms with Crippen LogP contribution >= 0.6 is 0 Å². The first kappa shape index (κ1) is 33.2. The van der Waals surface area contributed by atoms with Crippen molar-refractivity contribution in [3.63, 3.8) is 0 Å². The Bertz CT molecular complexity index is 782. The first-order chi connectivity index (χ1) is 16.6. The van der Waals surface area contributed by atoms with Crippen molar-refractivity contribution >= 4 is 0 Å². The molecule has 0 bridgehead atoms. The van der Waals surface area contributed by atoms with Gasteiger partial charge < -0.3 is 0 Å². The normalized spacial score (nSPS) is 14.5. The van der Waals surface area contributed by atoms with Crippen LogP contribution in [0.3, 0.4) is 0 Å². The Hall–Kier alpha value is -1.82. The second-order valence-electron chi connectivity index (χ2n) is 10.9. The van der Waals surface area contributed by atoms with Crippen LogP contribution < -0.4 is 0 Å². The lowest BCUT2D eigenvalue weighted by Crippen LogP contribution is -1.83. The number of rotatable bonds is 18. The highest BCUT2D eigenvalue weighted by Crippen LogP contribution is 2.16. The molecule has 0 spiro atoms. The molecule has 198 valence electrons. The Kier molecular flexibility index (Phi) is 20.3. The average Bonchev–Trinajstić information content (AvgIpc) is 2.78. The smallest absolute Gasteiger partial charge is 0.0288 e. The molecule has 0 heterocycles. The fourth-order valence-corrected chi connectivity index (χ4v) is 3.97. The van der Waals surface area contributed by atoms with Crippen LogP contribution in [-0.4, -0.2) is 0 Å². The highest BCUT2D eigenvalue weighted by molar-refractivity contribution is 5.09. The average molecular weight is 479 g/mol. The van der Waals surface area contributed by atoms with E-state index in [1.165, 1.54) is 116 Å². The maximum Gasteiger partial charge on any atom is -0.0288 e. The lowest BCUT2D eigenvalue weighted by atomic mass is 10.0. The summed E-state index contributed by atoms with van der Waals surface area (Å²) < 4.78 is 0. The van der Waals surface area contributed by atoms with Gasteiger partial charge >= 0.3 is 0 Å². The summed E-state index contributed by atoms with van der Waals surface area (Å²) in [4.78, 5) is 0. The summed E-state index contributed by atoms with van der Waals surface area (Å²) in [6.45, 7) is 20.1. The van der Waals surface area contributed by atoms with E-state index in [0.29, 0.717) is 0 Å². The number of allylic oxidation sites excluding steroid dienone is 14. The minimum absolute atomic E-state index is 1.17. The molecule has 0 atom stereocenters. The van der Waals surface area contributed by atoms with Gasteiger partial charge in [-0.15, -0.1) is 0 Å². The third kappa shape index (κ3) is 22.4. The highest BCUT2D eigenvalue weighted by atomic mass is 14.0. The topological polar surface area (TPSA) is 0 Å². The zero-order valence-corrected chi connectivity index (χ0v) is 25.0. The van der Waals surface area contributed by atoms with Crippen molar-refractivity contribution in [1.82, 2.24) is 0 Å². The number of hydrogen-bond donors (Lipinski definition) is 0. The predicted molar refractivity (Wildman–Crippen MR) is 163 cm³/mol. The monoisotopic (exact) mass is 478 g/mol. The molecular formula is C35H58. The fraction of sp³-hybridized carbons (Fsp3) is 0.600. The molecule has 0 aliphatic carbocycles. The van der Waals surface area contributed by atoms with E-state index in [0.717, 1.165) is 0 Å². The summed E-state index contributed by atoms with van der Waals surface area (Å²) in [5.74, 6) is 0. The van der Waals surface area contributed by atoms with E-state index in [1.807, 2.05) is 0 Å². The molecule has 0 saturated heterocycles. The van der Waals surface area contributed by atoms with Crippen molar-refractivity contribution in [2.45, 2.75) is 139 Å². The molecule has 0 aromatic carbocycles. The van der Waals surface area contributed by atoms with Gasteiger partial charge in [0.1, 0.15) is 0 Å². The first-order valence-electron chi connectivity index (χ1n) is 14.2. The molecule has 0 saturated carbocycles. The van der Waals surface area contributed by atoms with E-state index in [9.17, 15) is 0 Å². The third-order valence-electron chi connectivity index (χ3n) is 6.74. The minimum Gasteiger partial charge on any atom is -0.0887 e. The van der Waals surface area contributed by atoms with Crippen LogP contribution in [0.1, 0.15) is 139 Å². The van der Waals surface area contributed by atoms with Gasteiger partial charge in [-0.2, -0.15) is 0 Å². The van der Waals surface area contributed by atoms with E-state index >= 15 is 0 Å². The summed E-state index contributed by atoms with van der Waals surface area (Å²) in [6, 6.07) is 0. The Labute approximate surface area is 220 Å². The van der Waals surface area contributed by atoms with Crippen LogP contribution in [0.15, 0.2) is 81.5 Å². The lowest BCUT2D eigenvalue weighted by molar-refractivity contribution is 0.883. The second kappa shape index (κ2) is 21.5. The maximum absolute atomic E-state index is 2.45. The molecule has 0 nitrogen and oxygen atoms in total. The van der Waals surface area contributed by atoms with Crippen molar-refractivity contribution < 1.29 is 0 Å². The van der Waals surface area contributed by atoms with E-state index in [1.54, 1.807) is 0 Å². The van der Waals surface area contributed by atoms with Crippen LogP contribution in [0.2, 0.25) is 0 Å². The Balaban J connectivity index is 4.13. The molecule has 35 heavy (non-hydrogen) atoms. The van der Waals surface area contributed by atoms with Crippen molar-refractivity contribution in [1.29, 1.82) is 0 Å². The van der Waals surface area contributed by atoms with Crippen LogP contribution in [-0.2, 0) is 0 Å². The first-order valence-corrected chi connectivity index (χ1v) is 14.2. The van der Waals surface area contributed by atoms with Crippen LogP contribution in [0.25, 0.3) is 0 Å². The minimum atomic E-state index is 1.17. The lowest BCUT2D eigenvalue weighted by Gasteiger charge is -2.04. The molecule has 0 amide bonds. The Morgan fingerprint density at radius 1 is 0.343 bits per heavy atom. The summed E-state index contributed by atoms with van der Waals surface area (Å²) in [6.07, 6.45) is 31.0. The molecule has 0 fully saturated rings. The van der Waals surface area contributed by atoms with Crippen LogP contribution in [0, 0.1) is 0 Å². The molecule has 0 aliphatic heterocycles. The standard InChI is InChI=1S/C35H58/c1-10-30(4)18-12-20-32(6)22-14-24-34(8)26-16-28-35(9)27-15-25-33(7)23-13-21-31(5)19-11-17-29(2)3/h10,17,20-21,24-25,28H,11-16,18-19,22-23,26-27H2,1-9H3/b30-10-,31-21+,32-20+,33-25+,34-24+,35-28+. The fourth-order valence-electron chi connectivity index (χ4n) is 3.97. The molecule has 0 aliphatic rings. The van der Waals surface area contributed by atoms with E-state index in [2.05, 4.69) is 105 Å². The summed E-state index contributed by atoms with van der Waals surface area (Å²) in [5.41, 5.74) is 10.6. The second-order valence-corrected chi connectivity index (χ2v) is 10.9. The molecule has 0 heteroatoms. The van der Waals surface area contributed by atoms with Gasteiger partial charge in [-0.25, -0.2) is 0 Å². The van der Waals surface area contributed by atoms with E-state index in [4.69, 9.17) is 0 Å². The van der Waals surface area contributed by atoms with E-state index in [-0.39, 0.29) is 0 Å². The van der Waals surface area contributed by atoms with Gasteiger partial charge in [-0.1, -0.05) is 81.5 Å². The zero-order chi connectivity index (χ0) is 26.5. The van der Waals surface area contributed by atoms with Gasteiger partial charge in [-0.05, 0) is 139 Å². The Morgan fingerprint density at radius 2 is 0.571 bits per heavy atom. The van der Waals surface area contributed by atoms with Crippen molar-refractivity contribution in [3.05, 3.63) is 81.5 Å². The molecule has 0 unspecified atom stereocenters. The zero-order valence-electron chi connectivity index (χ0n) is 25.0. The third-order valence-corrected chi connectivity index (χ3v) is 6.74. The quantitative estimate of drug-likeness (QED) is 0.172. The van der Waals surface area contributed by atoms with Gasteiger partial charge in [0, 0.05) is 0 Å².